The van der Waals surface area contributed by atoms with E-state index in [0.29, 0.717) is 49.2 Å². The van der Waals surface area contributed by atoms with Crippen LogP contribution in [0.1, 0.15) is 12.5 Å². The van der Waals surface area contributed by atoms with E-state index in [-0.39, 0.29) is 11.5 Å². The molecule has 0 radical (unpaired) electrons. The highest BCUT2D eigenvalue weighted by atomic mass is 35.5. The minimum atomic E-state index is -3.48. The van der Waals surface area contributed by atoms with Crippen LogP contribution in [0.5, 0.6) is 5.75 Å². The molecule has 0 atom stereocenters. The van der Waals surface area contributed by atoms with Crippen molar-refractivity contribution in [3.05, 3.63) is 75.7 Å². The lowest BCUT2D eigenvalue weighted by atomic mass is 10.2. The lowest BCUT2D eigenvalue weighted by Crippen LogP contribution is -2.49. The van der Waals surface area contributed by atoms with Gasteiger partial charge in [-0.1, -0.05) is 29.8 Å². The molecular weight excluding hydrogens is 490 g/mol. The molecule has 0 saturated carbocycles. The molecule has 4 rings (SSSR count). The Bertz CT molecular complexity index is 1340. The Balaban J connectivity index is 1.51. The van der Waals surface area contributed by atoms with Crippen molar-refractivity contribution in [2.75, 3.05) is 50.1 Å². The van der Waals surface area contributed by atoms with Crippen LogP contribution in [0.15, 0.2) is 59.5 Å². The number of benzene rings is 2. The van der Waals surface area contributed by atoms with Crippen LogP contribution in [-0.2, 0) is 15.8 Å². The zero-order chi connectivity index (χ0) is 25.0. The molecule has 0 unspecified atom stereocenters. The number of ether oxygens (including phenoxy) is 1. The predicted octanol–water partition coefficient (Wildman–Crippen LogP) is 2.98. The largest absolute Gasteiger partial charge is 0.487 e. The molecule has 35 heavy (non-hydrogen) atoms. The molecule has 2 aromatic carbocycles. The third-order valence-corrected chi connectivity index (χ3v) is 7.91. The van der Waals surface area contributed by atoms with Crippen LogP contribution in [0.2, 0.25) is 5.02 Å². The summed E-state index contributed by atoms with van der Waals surface area (Å²) in [7, 11) is -1.66. The fourth-order valence-electron chi connectivity index (χ4n) is 4.00. The van der Waals surface area contributed by atoms with Crippen molar-refractivity contribution in [1.29, 1.82) is 0 Å². The standard InChI is InChI=1S/C24H28ClN5O4S/c1-3-34-23-22(16-27-30(24(23)31)21-6-4-5-19(25)15-21)28-11-13-29(14-12-28)35(32,33)17-18-7-9-20(26-2)10-8-18/h4-10,15-16,26H,3,11-14,17H2,1-2H3. The number of halogens is 1. The Kier molecular flexibility index (Phi) is 7.63. The third-order valence-electron chi connectivity index (χ3n) is 5.82. The van der Waals surface area contributed by atoms with Crippen molar-refractivity contribution < 1.29 is 13.2 Å². The van der Waals surface area contributed by atoms with Crippen molar-refractivity contribution in [2.24, 2.45) is 0 Å². The predicted molar refractivity (Wildman–Crippen MR) is 138 cm³/mol. The zero-order valence-corrected chi connectivity index (χ0v) is 21.2. The number of nitrogens with one attached hydrogen (secondary N) is 1. The van der Waals surface area contributed by atoms with Gasteiger partial charge in [-0.2, -0.15) is 14.1 Å². The minimum Gasteiger partial charge on any atom is -0.487 e. The average molecular weight is 518 g/mol. The van der Waals surface area contributed by atoms with E-state index in [1.165, 1.54) is 8.99 Å². The summed E-state index contributed by atoms with van der Waals surface area (Å²) < 4.78 is 34.5. The first-order valence-corrected chi connectivity index (χ1v) is 13.3. The van der Waals surface area contributed by atoms with Gasteiger partial charge in [0.1, 0.15) is 5.69 Å². The van der Waals surface area contributed by atoms with E-state index in [1.807, 2.05) is 36.2 Å². The van der Waals surface area contributed by atoms with E-state index in [9.17, 15) is 13.2 Å². The minimum absolute atomic E-state index is 0.0571. The molecule has 3 aromatic rings. The van der Waals surface area contributed by atoms with E-state index >= 15 is 0 Å². The highest BCUT2D eigenvalue weighted by molar-refractivity contribution is 7.88. The van der Waals surface area contributed by atoms with Gasteiger partial charge in [-0.3, -0.25) is 4.79 Å². The Morgan fingerprint density at radius 1 is 1.09 bits per heavy atom. The molecule has 1 saturated heterocycles. The lowest BCUT2D eigenvalue weighted by Gasteiger charge is -2.35. The van der Waals surface area contributed by atoms with Gasteiger partial charge in [0.05, 0.1) is 24.2 Å². The van der Waals surface area contributed by atoms with Gasteiger partial charge in [-0.05, 0) is 42.8 Å². The topological polar surface area (TPSA) is 96.8 Å². The van der Waals surface area contributed by atoms with Crippen LogP contribution in [0, 0.1) is 0 Å². The second-order valence-electron chi connectivity index (χ2n) is 8.08. The first-order valence-electron chi connectivity index (χ1n) is 11.3. The van der Waals surface area contributed by atoms with Gasteiger partial charge in [-0.25, -0.2) is 8.42 Å². The summed E-state index contributed by atoms with van der Waals surface area (Å²) in [5, 5.41) is 7.85. The lowest BCUT2D eigenvalue weighted by molar-refractivity contribution is 0.329. The summed E-state index contributed by atoms with van der Waals surface area (Å²) in [4.78, 5) is 15.1. The van der Waals surface area contributed by atoms with Crippen molar-refractivity contribution in [2.45, 2.75) is 12.7 Å². The van der Waals surface area contributed by atoms with Crippen LogP contribution in [0.3, 0.4) is 0 Å². The Hall–Kier alpha value is -3.08. The summed E-state index contributed by atoms with van der Waals surface area (Å²) in [5.41, 5.74) is 2.35. The number of sulfonamides is 1. The molecular formula is C24H28ClN5O4S. The molecule has 0 spiro atoms. The van der Waals surface area contributed by atoms with Crippen molar-refractivity contribution in [1.82, 2.24) is 14.1 Å². The number of hydrogen-bond acceptors (Lipinski definition) is 7. The maximum Gasteiger partial charge on any atom is 0.316 e. The SMILES string of the molecule is CCOc1c(N2CCN(S(=O)(=O)Cc3ccc(NC)cc3)CC2)cnn(-c2cccc(Cl)c2)c1=O. The molecule has 1 fully saturated rings. The summed E-state index contributed by atoms with van der Waals surface area (Å²) in [6, 6.07) is 14.2. The maximum atomic E-state index is 13.2. The molecule has 0 aliphatic carbocycles. The molecule has 1 aliphatic rings. The van der Waals surface area contributed by atoms with Crippen LogP contribution >= 0.6 is 11.6 Å². The van der Waals surface area contributed by atoms with E-state index < -0.39 is 15.6 Å². The van der Waals surface area contributed by atoms with Gasteiger partial charge in [0.15, 0.2) is 0 Å². The number of aromatic nitrogens is 2. The van der Waals surface area contributed by atoms with Gasteiger partial charge in [0.25, 0.3) is 0 Å². The Labute approximate surface area is 209 Å². The second kappa shape index (κ2) is 10.7. The van der Waals surface area contributed by atoms with Crippen LogP contribution in [0.25, 0.3) is 5.69 Å². The van der Waals surface area contributed by atoms with Crippen molar-refractivity contribution >= 4 is 33.0 Å². The summed E-state index contributed by atoms with van der Waals surface area (Å²) >= 11 is 6.08. The van der Waals surface area contributed by atoms with Crippen molar-refractivity contribution in [3.63, 3.8) is 0 Å². The number of piperazine rings is 1. The Morgan fingerprint density at radius 3 is 2.43 bits per heavy atom. The van der Waals surface area contributed by atoms with Crippen molar-refractivity contribution in [3.8, 4) is 11.4 Å². The maximum absolute atomic E-state index is 13.2. The van der Waals surface area contributed by atoms with E-state index in [1.54, 1.807) is 37.4 Å². The first-order chi connectivity index (χ1) is 16.8. The number of hydrogen-bond donors (Lipinski definition) is 1. The number of rotatable bonds is 8. The molecule has 0 bridgehead atoms. The van der Waals surface area contributed by atoms with Gasteiger partial charge in [0.2, 0.25) is 15.8 Å². The molecule has 1 N–H and O–H groups in total. The van der Waals surface area contributed by atoms with Gasteiger partial charge >= 0.3 is 5.56 Å². The quantitative estimate of drug-likeness (QED) is 0.490. The molecule has 1 aromatic heterocycles. The van der Waals surface area contributed by atoms with Crippen LogP contribution in [-0.4, -0.2) is 62.3 Å². The number of anilines is 2. The smallest absolute Gasteiger partial charge is 0.316 e. The van der Waals surface area contributed by atoms with E-state index in [4.69, 9.17) is 16.3 Å². The molecule has 0 amide bonds. The van der Waals surface area contributed by atoms with Gasteiger partial charge in [0, 0.05) is 43.9 Å². The van der Waals surface area contributed by atoms with E-state index in [2.05, 4.69) is 10.4 Å². The van der Waals surface area contributed by atoms with Crippen LogP contribution in [0.4, 0.5) is 11.4 Å². The zero-order valence-electron chi connectivity index (χ0n) is 19.6. The third kappa shape index (κ3) is 5.61. The fraction of sp³-hybridized carbons (Fsp3) is 0.333. The summed E-state index contributed by atoms with van der Waals surface area (Å²) in [6.45, 7) is 3.56. The molecule has 1 aliphatic heterocycles. The summed E-state index contributed by atoms with van der Waals surface area (Å²) in [5.74, 6) is 0.127. The molecule has 2 heterocycles. The summed E-state index contributed by atoms with van der Waals surface area (Å²) in [6.07, 6.45) is 1.58. The number of nitrogens with zero attached hydrogens (tertiary/aromatic N) is 4. The fourth-order valence-corrected chi connectivity index (χ4v) is 5.70. The molecule has 9 nitrogen and oxygen atoms in total. The highest BCUT2D eigenvalue weighted by Gasteiger charge is 2.29. The van der Waals surface area contributed by atoms with E-state index in [0.717, 1.165) is 11.3 Å². The Morgan fingerprint density at radius 2 is 1.80 bits per heavy atom. The monoisotopic (exact) mass is 517 g/mol. The van der Waals surface area contributed by atoms with Gasteiger partial charge < -0.3 is 15.0 Å². The average Bonchev–Trinajstić information content (AvgIpc) is 2.85. The normalized spacial score (nSPS) is 14.7. The van der Waals surface area contributed by atoms with Crippen LogP contribution < -0.4 is 20.5 Å². The van der Waals surface area contributed by atoms with Gasteiger partial charge in [-0.15, -0.1) is 0 Å². The highest BCUT2D eigenvalue weighted by Crippen LogP contribution is 2.27. The molecule has 11 heteroatoms. The first kappa shape index (κ1) is 25.0. The molecule has 186 valence electrons. The second-order valence-corrected chi connectivity index (χ2v) is 10.5.